The summed E-state index contributed by atoms with van der Waals surface area (Å²) in [7, 11) is 1.62. The molecule has 1 aliphatic carbocycles. The quantitative estimate of drug-likeness (QED) is 0.666. The van der Waals surface area contributed by atoms with Gasteiger partial charge in [-0.1, -0.05) is 12.2 Å². The van der Waals surface area contributed by atoms with Gasteiger partial charge in [0.15, 0.2) is 0 Å². The number of hydrogen-bond donors (Lipinski definition) is 2. The maximum absolute atomic E-state index is 11.9. The highest BCUT2D eigenvalue weighted by molar-refractivity contribution is 7.80. The van der Waals surface area contributed by atoms with Crippen molar-refractivity contribution in [1.82, 2.24) is 10.2 Å². The maximum atomic E-state index is 11.9. The highest BCUT2D eigenvalue weighted by atomic mass is 32.1. The minimum Gasteiger partial charge on any atom is -0.393 e. The number of nitrogens with zero attached hydrogens (tertiary/aromatic N) is 1. The van der Waals surface area contributed by atoms with Gasteiger partial charge >= 0.3 is 6.03 Å². The van der Waals surface area contributed by atoms with Crippen molar-refractivity contribution in [2.75, 3.05) is 26.8 Å². The first-order valence-corrected chi connectivity index (χ1v) is 6.37. The van der Waals surface area contributed by atoms with Crippen molar-refractivity contribution in [3.63, 3.8) is 0 Å². The molecule has 0 aromatic rings. The zero-order valence-electron chi connectivity index (χ0n) is 10.3. The largest absolute Gasteiger partial charge is 0.393 e. The average Bonchev–Trinajstić information content (AvgIpc) is 2.23. The van der Waals surface area contributed by atoms with Gasteiger partial charge in [-0.3, -0.25) is 0 Å². The molecule has 0 unspecified atom stereocenters. The van der Waals surface area contributed by atoms with Gasteiger partial charge in [-0.15, -0.1) is 0 Å². The molecule has 1 fully saturated rings. The van der Waals surface area contributed by atoms with Crippen molar-refractivity contribution in [1.29, 1.82) is 0 Å². The first-order chi connectivity index (χ1) is 8.13. The summed E-state index contributed by atoms with van der Waals surface area (Å²) >= 11 is 4.82. The molecule has 98 valence electrons. The summed E-state index contributed by atoms with van der Waals surface area (Å²) in [5.41, 5.74) is 5.45. The second-order valence-electron chi connectivity index (χ2n) is 4.27. The fourth-order valence-electron chi connectivity index (χ4n) is 1.58. The minimum atomic E-state index is -0.0389. The van der Waals surface area contributed by atoms with Crippen LogP contribution in [0.5, 0.6) is 0 Å². The van der Waals surface area contributed by atoms with Gasteiger partial charge in [0, 0.05) is 32.7 Å². The number of nitrogens with one attached hydrogen (secondary N) is 1. The molecule has 0 aromatic carbocycles. The van der Waals surface area contributed by atoms with Crippen LogP contribution in [0.4, 0.5) is 4.79 Å². The lowest BCUT2D eigenvalue weighted by molar-refractivity contribution is 0.146. The van der Waals surface area contributed by atoms with E-state index in [-0.39, 0.29) is 6.03 Å². The number of carbonyl (C=O) groups is 1. The Hall–Kier alpha value is -0.880. The van der Waals surface area contributed by atoms with E-state index < -0.39 is 0 Å². The van der Waals surface area contributed by atoms with E-state index >= 15 is 0 Å². The number of hydrogen-bond acceptors (Lipinski definition) is 3. The van der Waals surface area contributed by atoms with Crippen molar-refractivity contribution in [2.45, 2.75) is 31.7 Å². The third-order valence-corrected chi connectivity index (χ3v) is 3.12. The molecule has 0 atom stereocenters. The van der Waals surface area contributed by atoms with Crippen molar-refractivity contribution in [3.05, 3.63) is 0 Å². The van der Waals surface area contributed by atoms with Crippen LogP contribution >= 0.6 is 12.2 Å². The SMILES string of the molecule is COCCN(CCC(N)=S)C(=O)NC1CCC1. The van der Waals surface area contributed by atoms with Gasteiger partial charge in [-0.25, -0.2) is 4.79 Å². The van der Waals surface area contributed by atoms with Crippen LogP contribution in [0, 0.1) is 0 Å². The zero-order chi connectivity index (χ0) is 12.7. The topological polar surface area (TPSA) is 67.6 Å². The van der Waals surface area contributed by atoms with Crippen LogP contribution in [0.15, 0.2) is 0 Å². The van der Waals surface area contributed by atoms with Gasteiger partial charge < -0.3 is 20.7 Å². The number of urea groups is 1. The summed E-state index contributed by atoms with van der Waals surface area (Å²) in [6.45, 7) is 1.64. The molecule has 0 heterocycles. The predicted molar refractivity (Wildman–Crippen MR) is 71.0 cm³/mol. The smallest absolute Gasteiger partial charge is 0.317 e. The van der Waals surface area contributed by atoms with E-state index in [2.05, 4.69) is 5.32 Å². The van der Waals surface area contributed by atoms with Crippen LogP contribution in [0.25, 0.3) is 0 Å². The highest BCUT2D eigenvalue weighted by Crippen LogP contribution is 2.18. The molecule has 0 aliphatic heterocycles. The Morgan fingerprint density at radius 3 is 2.71 bits per heavy atom. The van der Waals surface area contributed by atoms with Gasteiger partial charge in [-0.2, -0.15) is 0 Å². The van der Waals surface area contributed by atoms with E-state index in [0.717, 1.165) is 12.8 Å². The Labute approximate surface area is 108 Å². The molecule has 0 bridgehead atoms. The normalized spacial score (nSPS) is 15.1. The molecule has 5 nitrogen and oxygen atoms in total. The van der Waals surface area contributed by atoms with Crippen LogP contribution < -0.4 is 11.1 Å². The monoisotopic (exact) mass is 259 g/mol. The number of amides is 2. The molecule has 6 heteroatoms. The molecule has 17 heavy (non-hydrogen) atoms. The van der Waals surface area contributed by atoms with E-state index in [4.69, 9.17) is 22.7 Å². The molecule has 0 spiro atoms. The second kappa shape index (κ2) is 7.45. The Balaban J connectivity index is 2.35. The lowest BCUT2D eigenvalue weighted by atomic mass is 9.93. The molecule has 0 radical (unpaired) electrons. The number of rotatable bonds is 7. The van der Waals surface area contributed by atoms with Crippen LogP contribution in [-0.2, 0) is 4.74 Å². The minimum absolute atomic E-state index is 0.0389. The highest BCUT2D eigenvalue weighted by Gasteiger charge is 2.22. The number of thiocarbonyl (C=S) groups is 1. The van der Waals surface area contributed by atoms with Gasteiger partial charge in [0.05, 0.1) is 11.6 Å². The predicted octanol–water partition coefficient (Wildman–Crippen LogP) is 0.873. The van der Waals surface area contributed by atoms with Gasteiger partial charge in [0.1, 0.15) is 0 Å². The van der Waals surface area contributed by atoms with Crippen molar-refractivity contribution in [3.8, 4) is 0 Å². The average molecular weight is 259 g/mol. The number of methoxy groups -OCH3 is 1. The third-order valence-electron chi connectivity index (χ3n) is 2.91. The van der Waals surface area contributed by atoms with E-state index in [1.165, 1.54) is 6.42 Å². The molecule has 2 amide bonds. The molecule has 0 saturated heterocycles. The molecule has 0 aromatic heterocycles. The lowest BCUT2D eigenvalue weighted by Gasteiger charge is -2.30. The third kappa shape index (κ3) is 5.32. The molecule has 1 rings (SSSR count). The Morgan fingerprint density at radius 1 is 1.53 bits per heavy atom. The molecular weight excluding hydrogens is 238 g/mol. The first-order valence-electron chi connectivity index (χ1n) is 5.96. The van der Waals surface area contributed by atoms with E-state index in [1.807, 2.05) is 0 Å². The summed E-state index contributed by atoms with van der Waals surface area (Å²) < 4.78 is 4.99. The van der Waals surface area contributed by atoms with Crippen LogP contribution in [0.2, 0.25) is 0 Å². The fourth-order valence-corrected chi connectivity index (χ4v) is 1.67. The summed E-state index contributed by atoms with van der Waals surface area (Å²) in [5, 5.41) is 3.00. The Kier molecular flexibility index (Phi) is 6.21. The van der Waals surface area contributed by atoms with Crippen molar-refractivity contribution < 1.29 is 9.53 Å². The Morgan fingerprint density at radius 2 is 2.24 bits per heavy atom. The van der Waals surface area contributed by atoms with Crippen LogP contribution in [0.3, 0.4) is 0 Å². The molecule has 1 aliphatic rings. The maximum Gasteiger partial charge on any atom is 0.317 e. The second-order valence-corrected chi connectivity index (χ2v) is 4.80. The lowest BCUT2D eigenvalue weighted by Crippen LogP contribution is -2.48. The Bertz CT molecular complexity index is 269. The zero-order valence-corrected chi connectivity index (χ0v) is 11.1. The van der Waals surface area contributed by atoms with Crippen molar-refractivity contribution >= 4 is 23.2 Å². The van der Waals surface area contributed by atoms with E-state index in [9.17, 15) is 4.79 Å². The van der Waals surface area contributed by atoms with E-state index in [0.29, 0.717) is 37.1 Å². The van der Waals surface area contributed by atoms with Crippen molar-refractivity contribution in [2.24, 2.45) is 5.73 Å². The van der Waals surface area contributed by atoms with E-state index in [1.54, 1.807) is 12.0 Å². The van der Waals surface area contributed by atoms with Crippen LogP contribution in [0.1, 0.15) is 25.7 Å². The molecule has 3 N–H and O–H groups in total. The molecule has 1 saturated carbocycles. The summed E-state index contributed by atoms with van der Waals surface area (Å²) in [4.78, 5) is 14.1. The van der Waals surface area contributed by atoms with Gasteiger partial charge in [-0.05, 0) is 19.3 Å². The van der Waals surface area contributed by atoms with Gasteiger partial charge in [0.2, 0.25) is 0 Å². The number of ether oxygens (including phenoxy) is 1. The number of carbonyl (C=O) groups excluding carboxylic acids is 1. The van der Waals surface area contributed by atoms with Crippen LogP contribution in [-0.4, -0.2) is 48.8 Å². The standard InChI is InChI=1S/C11H21N3O2S/c1-16-8-7-14(6-5-10(12)17)11(15)13-9-3-2-4-9/h9H,2-8H2,1H3,(H2,12,17)(H,13,15). The fraction of sp³-hybridized carbons (Fsp3) is 0.818. The number of nitrogens with two attached hydrogens (primary N) is 1. The molecular formula is C11H21N3O2S. The summed E-state index contributed by atoms with van der Waals surface area (Å²) in [6.07, 6.45) is 3.92. The first kappa shape index (κ1) is 14.2. The van der Waals surface area contributed by atoms with Gasteiger partial charge in [0.25, 0.3) is 0 Å². The summed E-state index contributed by atoms with van der Waals surface area (Å²) in [6, 6.07) is 0.306. The summed E-state index contributed by atoms with van der Waals surface area (Å²) in [5.74, 6) is 0.